The smallest absolute Gasteiger partial charge is 0.155 e. The highest BCUT2D eigenvalue weighted by atomic mass is 32.2. The Bertz CT molecular complexity index is 224. The average molecular weight is 234 g/mol. The monoisotopic (exact) mass is 234 g/mol. The van der Waals surface area contributed by atoms with Crippen molar-refractivity contribution in [3.63, 3.8) is 0 Å². The van der Waals surface area contributed by atoms with Crippen molar-refractivity contribution >= 4 is 9.84 Å². The third-order valence-electron chi connectivity index (χ3n) is 3.05. The minimum atomic E-state index is -2.88. The van der Waals surface area contributed by atoms with E-state index in [1.54, 1.807) is 0 Å². The number of sulfone groups is 1. The molecule has 2 unspecified atom stereocenters. The quantitative estimate of drug-likeness (QED) is 0.643. The summed E-state index contributed by atoms with van der Waals surface area (Å²) >= 11 is 0. The van der Waals surface area contributed by atoms with Crippen molar-refractivity contribution in [2.45, 2.75) is 76.7 Å². The second-order valence-electron chi connectivity index (χ2n) is 4.49. The van der Waals surface area contributed by atoms with Gasteiger partial charge in [0, 0.05) is 0 Å². The van der Waals surface area contributed by atoms with Gasteiger partial charge in [-0.15, -0.1) is 0 Å². The van der Waals surface area contributed by atoms with E-state index >= 15 is 0 Å². The Morgan fingerprint density at radius 3 is 1.47 bits per heavy atom. The summed E-state index contributed by atoms with van der Waals surface area (Å²) in [5.74, 6) is 0. The van der Waals surface area contributed by atoms with E-state index in [1.807, 2.05) is 13.8 Å². The van der Waals surface area contributed by atoms with Gasteiger partial charge in [-0.25, -0.2) is 8.42 Å². The molecule has 0 radical (unpaired) electrons. The Kier molecular flexibility index (Phi) is 7.24. The highest BCUT2D eigenvalue weighted by Crippen LogP contribution is 2.18. The summed E-state index contributed by atoms with van der Waals surface area (Å²) < 4.78 is 24.1. The number of rotatable bonds is 8. The molecule has 0 rings (SSSR count). The molecule has 0 aromatic carbocycles. The third-order valence-corrected chi connectivity index (χ3v) is 5.76. The molecule has 0 aliphatic carbocycles. The first-order chi connectivity index (χ1) is 6.96. The van der Waals surface area contributed by atoms with Gasteiger partial charge in [-0.1, -0.05) is 39.5 Å². The van der Waals surface area contributed by atoms with Gasteiger partial charge in [0.2, 0.25) is 0 Å². The molecule has 3 heteroatoms. The SMILES string of the molecule is CCCCC(C)S(=O)(=O)C(C)CCCC. The van der Waals surface area contributed by atoms with Crippen molar-refractivity contribution in [1.29, 1.82) is 0 Å². The molecule has 15 heavy (non-hydrogen) atoms. The van der Waals surface area contributed by atoms with E-state index in [0.29, 0.717) is 0 Å². The maximum Gasteiger partial charge on any atom is 0.155 e. The van der Waals surface area contributed by atoms with Crippen LogP contribution in [0.4, 0.5) is 0 Å². The van der Waals surface area contributed by atoms with E-state index in [9.17, 15) is 8.42 Å². The first-order valence-corrected chi connectivity index (χ1v) is 7.80. The molecule has 0 N–H and O–H groups in total. The molecule has 2 atom stereocenters. The van der Waals surface area contributed by atoms with E-state index in [4.69, 9.17) is 0 Å². The first kappa shape index (κ1) is 14.9. The lowest BCUT2D eigenvalue weighted by molar-refractivity contribution is 0.549. The highest BCUT2D eigenvalue weighted by molar-refractivity contribution is 7.92. The predicted octanol–water partition coefficient (Wildman–Crippen LogP) is 3.56. The van der Waals surface area contributed by atoms with Gasteiger partial charge in [-0.2, -0.15) is 0 Å². The minimum absolute atomic E-state index is 0.163. The van der Waals surface area contributed by atoms with Crippen molar-refractivity contribution in [2.24, 2.45) is 0 Å². The van der Waals surface area contributed by atoms with Crippen LogP contribution in [0.1, 0.15) is 66.2 Å². The molecule has 0 saturated carbocycles. The fourth-order valence-electron chi connectivity index (χ4n) is 1.71. The lowest BCUT2D eigenvalue weighted by Gasteiger charge is -2.18. The van der Waals surface area contributed by atoms with Crippen LogP contribution in [0.15, 0.2) is 0 Å². The van der Waals surface area contributed by atoms with E-state index in [0.717, 1.165) is 38.5 Å². The molecule has 0 fully saturated rings. The molecule has 0 aromatic heterocycles. The summed E-state index contributed by atoms with van der Waals surface area (Å²) in [5.41, 5.74) is 0. The molecule has 0 bridgehead atoms. The van der Waals surface area contributed by atoms with Crippen LogP contribution in [0.3, 0.4) is 0 Å². The topological polar surface area (TPSA) is 34.1 Å². The fourth-order valence-corrected chi connectivity index (χ4v) is 3.49. The van der Waals surface area contributed by atoms with Crippen LogP contribution in [0, 0.1) is 0 Å². The lowest BCUT2D eigenvalue weighted by atomic mass is 10.2. The first-order valence-electron chi connectivity index (χ1n) is 6.19. The normalized spacial score (nSPS) is 16.3. The minimum Gasteiger partial charge on any atom is -0.228 e. The summed E-state index contributed by atoms with van der Waals surface area (Å²) in [7, 11) is -2.88. The van der Waals surface area contributed by atoms with Crippen LogP contribution in [0.2, 0.25) is 0 Å². The van der Waals surface area contributed by atoms with Crippen LogP contribution >= 0.6 is 0 Å². The Labute approximate surface area is 95.4 Å². The standard InChI is InChI=1S/C12H26O2S/c1-5-7-9-11(3)15(13,14)12(4)10-8-6-2/h11-12H,5-10H2,1-4H3. The molecule has 0 aliphatic heterocycles. The van der Waals surface area contributed by atoms with Gasteiger partial charge in [-0.05, 0) is 26.7 Å². The van der Waals surface area contributed by atoms with Crippen molar-refractivity contribution in [2.75, 3.05) is 0 Å². The van der Waals surface area contributed by atoms with Gasteiger partial charge in [0.15, 0.2) is 9.84 Å². The molecule has 0 heterocycles. The Hall–Kier alpha value is -0.0500. The van der Waals surface area contributed by atoms with E-state index in [2.05, 4.69) is 13.8 Å². The van der Waals surface area contributed by atoms with Crippen LogP contribution in [0.5, 0.6) is 0 Å². The maximum atomic E-state index is 12.0. The Morgan fingerprint density at radius 1 is 0.867 bits per heavy atom. The van der Waals surface area contributed by atoms with Crippen molar-refractivity contribution in [1.82, 2.24) is 0 Å². The number of hydrogen-bond acceptors (Lipinski definition) is 2. The van der Waals surface area contributed by atoms with Gasteiger partial charge in [-0.3, -0.25) is 0 Å². The lowest BCUT2D eigenvalue weighted by Crippen LogP contribution is -2.28. The number of unbranched alkanes of at least 4 members (excludes halogenated alkanes) is 2. The average Bonchev–Trinajstić information content (AvgIpc) is 2.21. The summed E-state index contributed by atoms with van der Waals surface area (Å²) in [6.45, 7) is 7.90. The molecule has 0 aromatic rings. The van der Waals surface area contributed by atoms with Gasteiger partial charge < -0.3 is 0 Å². The van der Waals surface area contributed by atoms with E-state index in [1.165, 1.54) is 0 Å². The van der Waals surface area contributed by atoms with E-state index in [-0.39, 0.29) is 10.5 Å². The second kappa shape index (κ2) is 7.26. The van der Waals surface area contributed by atoms with Gasteiger partial charge in [0.25, 0.3) is 0 Å². The van der Waals surface area contributed by atoms with Crippen LogP contribution in [-0.2, 0) is 9.84 Å². The second-order valence-corrected chi connectivity index (χ2v) is 7.28. The molecule has 0 spiro atoms. The Morgan fingerprint density at radius 2 is 1.20 bits per heavy atom. The predicted molar refractivity (Wildman–Crippen MR) is 66.9 cm³/mol. The van der Waals surface area contributed by atoms with Crippen LogP contribution in [-0.4, -0.2) is 18.9 Å². The zero-order chi connectivity index (χ0) is 11.9. The molecule has 2 nitrogen and oxygen atoms in total. The Balaban J connectivity index is 4.25. The zero-order valence-electron chi connectivity index (χ0n) is 10.6. The summed E-state index contributed by atoms with van der Waals surface area (Å²) in [6.07, 6.45) is 5.80. The molecule has 0 aliphatic rings. The largest absolute Gasteiger partial charge is 0.228 e. The molecular weight excluding hydrogens is 208 g/mol. The number of hydrogen-bond donors (Lipinski definition) is 0. The van der Waals surface area contributed by atoms with Crippen molar-refractivity contribution < 1.29 is 8.42 Å². The third kappa shape index (κ3) is 5.01. The summed E-state index contributed by atoms with van der Waals surface area (Å²) in [4.78, 5) is 0. The van der Waals surface area contributed by atoms with Gasteiger partial charge in [0.05, 0.1) is 10.5 Å². The van der Waals surface area contributed by atoms with Gasteiger partial charge in [0.1, 0.15) is 0 Å². The molecule has 0 saturated heterocycles. The molecule has 0 amide bonds. The van der Waals surface area contributed by atoms with E-state index < -0.39 is 9.84 Å². The van der Waals surface area contributed by atoms with Crippen molar-refractivity contribution in [3.8, 4) is 0 Å². The molecule has 92 valence electrons. The van der Waals surface area contributed by atoms with Crippen molar-refractivity contribution in [3.05, 3.63) is 0 Å². The highest BCUT2D eigenvalue weighted by Gasteiger charge is 2.26. The van der Waals surface area contributed by atoms with Crippen LogP contribution in [0.25, 0.3) is 0 Å². The summed E-state index contributed by atoms with van der Waals surface area (Å²) in [6, 6.07) is 0. The molecular formula is C12H26O2S. The van der Waals surface area contributed by atoms with Crippen LogP contribution < -0.4 is 0 Å². The zero-order valence-corrected chi connectivity index (χ0v) is 11.4. The fraction of sp³-hybridized carbons (Fsp3) is 1.00. The van der Waals surface area contributed by atoms with Gasteiger partial charge >= 0.3 is 0 Å². The summed E-state index contributed by atoms with van der Waals surface area (Å²) in [5, 5.41) is -0.325. The maximum absolute atomic E-state index is 12.0.